The first-order valence-electron chi connectivity index (χ1n) is 7.20. The van der Waals surface area contributed by atoms with E-state index < -0.39 is 12.0 Å². The molecule has 0 saturated heterocycles. The van der Waals surface area contributed by atoms with Crippen LogP contribution in [0, 0.1) is 13.8 Å². The van der Waals surface area contributed by atoms with Crippen molar-refractivity contribution in [2.75, 3.05) is 5.32 Å². The van der Waals surface area contributed by atoms with Gasteiger partial charge in [-0.15, -0.1) is 0 Å². The van der Waals surface area contributed by atoms with E-state index in [2.05, 4.69) is 10.4 Å². The van der Waals surface area contributed by atoms with Crippen molar-refractivity contribution < 1.29 is 14.7 Å². The van der Waals surface area contributed by atoms with Crippen LogP contribution in [0.5, 0.6) is 0 Å². The number of benzene rings is 1. The van der Waals surface area contributed by atoms with Gasteiger partial charge in [-0.25, -0.2) is 4.79 Å². The zero-order valence-corrected chi connectivity index (χ0v) is 13.9. The topological polar surface area (TPSA) is 84.2 Å². The smallest absolute Gasteiger partial charge is 0.335 e. The van der Waals surface area contributed by atoms with Crippen LogP contribution in [0.3, 0.4) is 0 Å². The summed E-state index contributed by atoms with van der Waals surface area (Å²) < 4.78 is 1.62. The number of hydrogen-bond acceptors (Lipinski definition) is 3. The number of carbonyl (C=O) groups excluding carboxylic acids is 1. The summed E-state index contributed by atoms with van der Waals surface area (Å²) in [5.74, 6) is -1.23. The van der Waals surface area contributed by atoms with Crippen LogP contribution in [-0.2, 0) is 4.79 Å². The fourth-order valence-corrected chi connectivity index (χ4v) is 2.46. The third-order valence-electron chi connectivity index (χ3n) is 3.62. The highest BCUT2D eigenvalue weighted by molar-refractivity contribution is 6.31. The molecule has 1 unspecified atom stereocenters. The predicted octanol–water partition coefficient (Wildman–Crippen LogP) is 3.44. The van der Waals surface area contributed by atoms with Crippen LogP contribution >= 0.6 is 11.6 Å². The van der Waals surface area contributed by atoms with E-state index in [0.717, 1.165) is 5.69 Å². The Balaban J connectivity index is 2.20. The number of carboxylic acids is 1. The van der Waals surface area contributed by atoms with Crippen LogP contribution in [0.2, 0.25) is 5.02 Å². The molecule has 0 bridgehead atoms. The number of aryl methyl sites for hydroxylation is 1. The second-order valence-electron chi connectivity index (χ2n) is 5.23. The third-order valence-corrected chi connectivity index (χ3v) is 4.17. The van der Waals surface area contributed by atoms with Gasteiger partial charge in [-0.2, -0.15) is 5.10 Å². The van der Waals surface area contributed by atoms with Crippen LogP contribution < -0.4 is 5.32 Å². The van der Waals surface area contributed by atoms with E-state index >= 15 is 0 Å². The Morgan fingerprint density at radius 3 is 2.35 bits per heavy atom. The molecule has 0 aliphatic heterocycles. The van der Waals surface area contributed by atoms with Gasteiger partial charge < -0.3 is 10.4 Å². The van der Waals surface area contributed by atoms with Gasteiger partial charge in [-0.3, -0.25) is 9.48 Å². The molecule has 1 amide bonds. The molecule has 0 saturated carbocycles. The van der Waals surface area contributed by atoms with Crippen molar-refractivity contribution in [2.24, 2.45) is 0 Å². The van der Waals surface area contributed by atoms with E-state index in [1.54, 1.807) is 23.7 Å². The highest BCUT2D eigenvalue weighted by Gasteiger charge is 2.23. The lowest BCUT2D eigenvalue weighted by molar-refractivity contribution is -0.119. The van der Waals surface area contributed by atoms with Crippen LogP contribution in [0.15, 0.2) is 24.3 Å². The molecule has 122 valence electrons. The summed E-state index contributed by atoms with van der Waals surface area (Å²) in [4.78, 5) is 23.3. The molecule has 0 aliphatic carbocycles. The van der Waals surface area contributed by atoms with Gasteiger partial charge in [-0.05, 0) is 44.5 Å². The van der Waals surface area contributed by atoms with Crippen molar-refractivity contribution in [3.05, 3.63) is 46.2 Å². The summed E-state index contributed by atoms with van der Waals surface area (Å²) in [7, 11) is 0. The molecule has 6 nitrogen and oxygen atoms in total. The van der Waals surface area contributed by atoms with Crippen LogP contribution in [-0.4, -0.2) is 26.8 Å². The molecule has 1 aromatic carbocycles. The van der Waals surface area contributed by atoms with Gasteiger partial charge in [-0.1, -0.05) is 18.5 Å². The van der Waals surface area contributed by atoms with Gasteiger partial charge in [0.1, 0.15) is 6.04 Å². The van der Waals surface area contributed by atoms with Gasteiger partial charge >= 0.3 is 5.97 Å². The van der Waals surface area contributed by atoms with Crippen molar-refractivity contribution in [1.29, 1.82) is 0 Å². The van der Waals surface area contributed by atoms with E-state index in [0.29, 0.717) is 22.8 Å². The molecule has 0 aliphatic rings. The van der Waals surface area contributed by atoms with Gasteiger partial charge in [0.15, 0.2) is 0 Å². The van der Waals surface area contributed by atoms with E-state index in [-0.39, 0.29) is 11.5 Å². The zero-order valence-electron chi connectivity index (χ0n) is 13.1. The maximum atomic E-state index is 12.5. The minimum Gasteiger partial charge on any atom is -0.478 e. The van der Waals surface area contributed by atoms with Crippen molar-refractivity contribution in [2.45, 2.75) is 33.2 Å². The Labute approximate surface area is 139 Å². The summed E-state index contributed by atoms with van der Waals surface area (Å²) >= 11 is 6.14. The molecule has 7 heteroatoms. The number of amides is 1. The van der Waals surface area contributed by atoms with Crippen molar-refractivity contribution in [3.8, 4) is 0 Å². The van der Waals surface area contributed by atoms with Crippen LogP contribution in [0.1, 0.15) is 41.1 Å². The summed E-state index contributed by atoms with van der Waals surface area (Å²) in [5.41, 5.74) is 2.13. The number of aromatic carboxylic acids is 1. The van der Waals surface area contributed by atoms with E-state index in [1.807, 2.05) is 13.8 Å². The standard InChI is InChI=1S/C16H18ClN3O3/c1-4-13(20-10(3)14(17)9(2)19-20)15(21)18-12-7-5-11(6-8-12)16(22)23/h5-8,13H,4H2,1-3H3,(H,18,21)(H,22,23). The maximum absolute atomic E-state index is 12.5. The first kappa shape index (κ1) is 17.0. The van der Waals surface area contributed by atoms with Gasteiger partial charge in [0.25, 0.3) is 0 Å². The number of carboxylic acid groups (broad SMARTS) is 1. The van der Waals surface area contributed by atoms with E-state index in [1.165, 1.54) is 12.1 Å². The van der Waals surface area contributed by atoms with Crippen LogP contribution in [0.25, 0.3) is 0 Å². The van der Waals surface area contributed by atoms with Crippen molar-refractivity contribution >= 4 is 29.2 Å². The van der Waals surface area contributed by atoms with Gasteiger partial charge in [0.2, 0.25) is 5.91 Å². The fraction of sp³-hybridized carbons (Fsp3) is 0.312. The summed E-state index contributed by atoms with van der Waals surface area (Å²) in [6.07, 6.45) is 0.553. The zero-order chi connectivity index (χ0) is 17.1. The van der Waals surface area contributed by atoms with Gasteiger partial charge in [0.05, 0.1) is 22.0 Å². The lowest BCUT2D eigenvalue weighted by atomic mass is 10.1. The average Bonchev–Trinajstić information content (AvgIpc) is 2.76. The molecular formula is C16H18ClN3O3. The minimum absolute atomic E-state index is 0.167. The minimum atomic E-state index is -1.01. The molecule has 23 heavy (non-hydrogen) atoms. The lowest BCUT2D eigenvalue weighted by Gasteiger charge is -2.17. The average molecular weight is 336 g/mol. The molecule has 0 radical (unpaired) electrons. The molecule has 2 rings (SSSR count). The SMILES string of the molecule is CCC(C(=O)Nc1ccc(C(=O)O)cc1)n1nc(C)c(Cl)c1C. The Morgan fingerprint density at radius 2 is 1.91 bits per heavy atom. The predicted molar refractivity (Wildman–Crippen MR) is 88.1 cm³/mol. The molecular weight excluding hydrogens is 318 g/mol. The second kappa shape index (κ2) is 6.83. The van der Waals surface area contributed by atoms with E-state index in [9.17, 15) is 9.59 Å². The monoisotopic (exact) mass is 335 g/mol. The molecule has 1 atom stereocenters. The second-order valence-corrected chi connectivity index (χ2v) is 5.60. The third kappa shape index (κ3) is 3.53. The number of nitrogens with zero attached hydrogens (tertiary/aromatic N) is 2. The molecule has 0 spiro atoms. The molecule has 2 aromatic rings. The highest BCUT2D eigenvalue weighted by atomic mass is 35.5. The number of anilines is 1. The van der Waals surface area contributed by atoms with Gasteiger partial charge in [0, 0.05) is 5.69 Å². The first-order chi connectivity index (χ1) is 10.8. The maximum Gasteiger partial charge on any atom is 0.335 e. The van der Waals surface area contributed by atoms with Crippen molar-refractivity contribution in [1.82, 2.24) is 9.78 Å². The fourth-order valence-electron chi connectivity index (χ4n) is 2.34. The molecule has 1 heterocycles. The summed E-state index contributed by atoms with van der Waals surface area (Å²) in [5, 5.41) is 16.5. The van der Waals surface area contributed by atoms with Crippen molar-refractivity contribution in [3.63, 3.8) is 0 Å². The number of aromatic nitrogens is 2. The number of hydrogen-bond donors (Lipinski definition) is 2. The first-order valence-corrected chi connectivity index (χ1v) is 7.58. The normalized spacial score (nSPS) is 12.0. The van der Waals surface area contributed by atoms with E-state index in [4.69, 9.17) is 16.7 Å². The number of halogens is 1. The quantitative estimate of drug-likeness (QED) is 0.876. The van der Waals surface area contributed by atoms with Crippen LogP contribution in [0.4, 0.5) is 5.69 Å². The largest absolute Gasteiger partial charge is 0.478 e. The molecule has 0 fully saturated rings. The summed E-state index contributed by atoms with van der Waals surface area (Å²) in [6.45, 7) is 5.50. The number of nitrogens with one attached hydrogen (secondary N) is 1. The number of carbonyl (C=O) groups is 2. The Kier molecular flexibility index (Phi) is 5.05. The summed E-state index contributed by atoms with van der Waals surface area (Å²) in [6, 6.07) is 5.52. The molecule has 1 aromatic heterocycles. The Bertz CT molecular complexity index is 738. The Hall–Kier alpha value is -2.34. The number of rotatable bonds is 5. The molecule has 2 N–H and O–H groups in total. The lowest BCUT2D eigenvalue weighted by Crippen LogP contribution is -2.27. The highest BCUT2D eigenvalue weighted by Crippen LogP contribution is 2.24. The Morgan fingerprint density at radius 1 is 1.30 bits per heavy atom.